The first-order chi connectivity index (χ1) is 7.61. The molecule has 84 valence electrons. The maximum Gasteiger partial charge on any atom is 0.132 e. The lowest BCUT2D eigenvalue weighted by Crippen LogP contribution is -2.13. The maximum absolute atomic E-state index is 13.9. The molecule has 16 heavy (non-hydrogen) atoms. The monoisotopic (exact) mass is 255 g/mol. The third-order valence-electron chi connectivity index (χ3n) is 2.48. The molecule has 2 rings (SSSR count). The lowest BCUT2D eigenvalue weighted by Gasteiger charge is -2.14. The number of aryl methyl sites for hydroxylation is 1. The summed E-state index contributed by atoms with van der Waals surface area (Å²) in [4.78, 5) is 0.909. The van der Waals surface area contributed by atoms with Gasteiger partial charge in [-0.3, -0.25) is 0 Å². The largest absolute Gasteiger partial charge is 0.319 e. The van der Waals surface area contributed by atoms with E-state index in [9.17, 15) is 4.39 Å². The molecule has 1 nitrogen and oxygen atoms in total. The van der Waals surface area contributed by atoms with Crippen LogP contribution < -0.4 is 5.73 Å². The van der Waals surface area contributed by atoms with E-state index < -0.39 is 6.04 Å². The first-order valence-corrected chi connectivity index (χ1v) is 6.10. The minimum Gasteiger partial charge on any atom is -0.319 e. The molecule has 0 saturated heterocycles. The zero-order chi connectivity index (χ0) is 11.7. The highest BCUT2D eigenvalue weighted by Crippen LogP contribution is 2.32. The van der Waals surface area contributed by atoms with Crippen molar-refractivity contribution < 1.29 is 4.39 Å². The minimum absolute atomic E-state index is 0.312. The fourth-order valence-electron chi connectivity index (χ4n) is 1.57. The summed E-state index contributed by atoms with van der Waals surface area (Å²) >= 11 is 7.50. The van der Waals surface area contributed by atoms with Crippen LogP contribution in [0.2, 0.25) is 5.02 Å². The summed E-state index contributed by atoms with van der Waals surface area (Å²) < 4.78 is 13.9. The number of hydrogen-bond acceptors (Lipinski definition) is 2. The van der Waals surface area contributed by atoms with Crippen LogP contribution in [0.5, 0.6) is 0 Å². The Bertz CT molecular complexity index is 496. The van der Waals surface area contributed by atoms with Gasteiger partial charge in [0.15, 0.2) is 0 Å². The second-order valence-corrected chi connectivity index (χ2v) is 4.97. The van der Waals surface area contributed by atoms with Crippen LogP contribution in [0, 0.1) is 12.7 Å². The van der Waals surface area contributed by atoms with Crippen molar-refractivity contribution in [2.24, 2.45) is 5.73 Å². The number of rotatable bonds is 2. The molecule has 1 aromatic carbocycles. The van der Waals surface area contributed by atoms with Crippen LogP contribution in [-0.2, 0) is 0 Å². The Morgan fingerprint density at radius 1 is 1.38 bits per heavy atom. The molecule has 0 amide bonds. The molecule has 0 radical (unpaired) electrons. The summed E-state index contributed by atoms with van der Waals surface area (Å²) in [5.74, 6) is -0.312. The Morgan fingerprint density at radius 2 is 2.12 bits per heavy atom. The van der Waals surface area contributed by atoms with Crippen molar-refractivity contribution in [1.29, 1.82) is 0 Å². The number of nitrogens with two attached hydrogens (primary N) is 1. The third kappa shape index (κ3) is 1.98. The number of benzene rings is 1. The van der Waals surface area contributed by atoms with Gasteiger partial charge in [0, 0.05) is 15.5 Å². The Hall–Kier alpha value is -0.900. The Morgan fingerprint density at radius 3 is 2.75 bits per heavy atom. The Labute approximate surface area is 103 Å². The van der Waals surface area contributed by atoms with Crippen molar-refractivity contribution in [3.8, 4) is 0 Å². The lowest BCUT2D eigenvalue weighted by molar-refractivity contribution is 0.592. The predicted molar refractivity (Wildman–Crippen MR) is 66.5 cm³/mol. The van der Waals surface area contributed by atoms with Gasteiger partial charge >= 0.3 is 0 Å². The average Bonchev–Trinajstić information content (AvgIpc) is 2.77. The van der Waals surface area contributed by atoms with Gasteiger partial charge in [0.1, 0.15) is 5.82 Å². The fraction of sp³-hybridized carbons (Fsp3) is 0.167. The summed E-state index contributed by atoms with van der Waals surface area (Å²) in [6.07, 6.45) is 0. The van der Waals surface area contributed by atoms with Crippen LogP contribution in [0.1, 0.15) is 22.0 Å². The minimum atomic E-state index is -0.493. The van der Waals surface area contributed by atoms with E-state index in [2.05, 4.69) is 0 Å². The molecule has 0 aliphatic rings. The van der Waals surface area contributed by atoms with Crippen molar-refractivity contribution in [3.05, 3.63) is 56.5 Å². The van der Waals surface area contributed by atoms with Gasteiger partial charge in [-0.25, -0.2) is 4.39 Å². The van der Waals surface area contributed by atoms with Crippen LogP contribution in [0.4, 0.5) is 4.39 Å². The SMILES string of the molecule is Cc1ccc(Cl)c([C@H](N)c2cccs2)c1F. The van der Waals surface area contributed by atoms with Crippen molar-refractivity contribution in [2.75, 3.05) is 0 Å². The van der Waals surface area contributed by atoms with Gasteiger partial charge in [-0.1, -0.05) is 23.7 Å². The van der Waals surface area contributed by atoms with Gasteiger partial charge in [0.2, 0.25) is 0 Å². The molecular formula is C12H11ClFNS. The van der Waals surface area contributed by atoms with Gasteiger partial charge < -0.3 is 5.73 Å². The molecule has 0 aliphatic heterocycles. The second kappa shape index (κ2) is 4.53. The Kier molecular flexibility index (Phi) is 3.28. The van der Waals surface area contributed by atoms with Crippen LogP contribution >= 0.6 is 22.9 Å². The van der Waals surface area contributed by atoms with Gasteiger partial charge in [-0.2, -0.15) is 0 Å². The van der Waals surface area contributed by atoms with Crippen molar-refractivity contribution in [1.82, 2.24) is 0 Å². The first-order valence-electron chi connectivity index (χ1n) is 4.84. The highest BCUT2D eigenvalue weighted by molar-refractivity contribution is 7.10. The van der Waals surface area contributed by atoms with Gasteiger partial charge in [0.25, 0.3) is 0 Å². The molecule has 1 aromatic heterocycles. The summed E-state index contributed by atoms with van der Waals surface area (Å²) in [5, 5.41) is 2.29. The predicted octanol–water partition coefficient (Wildman–Crippen LogP) is 3.90. The van der Waals surface area contributed by atoms with Crippen molar-refractivity contribution >= 4 is 22.9 Å². The first kappa shape index (κ1) is 11.6. The van der Waals surface area contributed by atoms with Crippen LogP contribution in [-0.4, -0.2) is 0 Å². The molecule has 0 spiro atoms. The molecule has 0 fully saturated rings. The highest BCUT2D eigenvalue weighted by Gasteiger charge is 2.19. The molecular weight excluding hydrogens is 245 g/mol. The number of thiophene rings is 1. The van der Waals surface area contributed by atoms with E-state index in [-0.39, 0.29) is 5.82 Å². The summed E-state index contributed by atoms with van der Waals surface area (Å²) in [6, 6.07) is 6.62. The molecule has 0 bridgehead atoms. The zero-order valence-corrected chi connectivity index (χ0v) is 10.3. The smallest absolute Gasteiger partial charge is 0.132 e. The van der Waals surface area contributed by atoms with E-state index in [4.69, 9.17) is 17.3 Å². The molecule has 2 aromatic rings. The number of hydrogen-bond donors (Lipinski definition) is 1. The van der Waals surface area contributed by atoms with E-state index in [1.54, 1.807) is 19.1 Å². The van der Waals surface area contributed by atoms with E-state index >= 15 is 0 Å². The van der Waals surface area contributed by atoms with Crippen molar-refractivity contribution in [3.63, 3.8) is 0 Å². The molecule has 4 heteroatoms. The molecule has 0 unspecified atom stereocenters. The standard InChI is InChI=1S/C12H11ClFNS/c1-7-4-5-8(13)10(11(7)14)12(15)9-3-2-6-16-9/h2-6,12H,15H2,1H3/t12-/m1/s1. The van der Waals surface area contributed by atoms with Gasteiger partial charge in [-0.05, 0) is 30.0 Å². The normalized spacial score (nSPS) is 12.8. The molecule has 0 saturated carbocycles. The fourth-order valence-corrected chi connectivity index (χ4v) is 2.57. The van der Waals surface area contributed by atoms with E-state index in [0.29, 0.717) is 16.1 Å². The molecule has 2 N–H and O–H groups in total. The maximum atomic E-state index is 13.9. The summed E-state index contributed by atoms with van der Waals surface area (Å²) in [6.45, 7) is 1.70. The van der Waals surface area contributed by atoms with Gasteiger partial charge in [-0.15, -0.1) is 11.3 Å². The third-order valence-corrected chi connectivity index (χ3v) is 3.77. The van der Waals surface area contributed by atoms with Crippen molar-refractivity contribution in [2.45, 2.75) is 13.0 Å². The molecule has 1 atom stereocenters. The highest BCUT2D eigenvalue weighted by atomic mass is 35.5. The molecule has 0 aliphatic carbocycles. The van der Waals surface area contributed by atoms with Crippen LogP contribution in [0.3, 0.4) is 0 Å². The topological polar surface area (TPSA) is 26.0 Å². The molecule has 1 heterocycles. The van der Waals surface area contributed by atoms with Gasteiger partial charge in [0.05, 0.1) is 6.04 Å². The van der Waals surface area contributed by atoms with Crippen LogP contribution in [0.15, 0.2) is 29.6 Å². The average molecular weight is 256 g/mol. The summed E-state index contributed by atoms with van der Waals surface area (Å²) in [5.41, 5.74) is 6.96. The summed E-state index contributed by atoms with van der Waals surface area (Å²) in [7, 11) is 0. The second-order valence-electron chi connectivity index (χ2n) is 3.59. The van der Waals surface area contributed by atoms with Crippen LogP contribution in [0.25, 0.3) is 0 Å². The lowest BCUT2D eigenvalue weighted by atomic mass is 10.0. The van der Waals surface area contributed by atoms with E-state index in [1.165, 1.54) is 11.3 Å². The zero-order valence-electron chi connectivity index (χ0n) is 8.71. The van der Waals surface area contributed by atoms with E-state index in [0.717, 1.165) is 4.88 Å². The quantitative estimate of drug-likeness (QED) is 0.866. The van der Waals surface area contributed by atoms with E-state index in [1.807, 2.05) is 17.5 Å². The Balaban J connectivity index is 2.52. The number of halogens is 2.